The van der Waals surface area contributed by atoms with Crippen molar-refractivity contribution in [2.45, 2.75) is 55.9 Å². The van der Waals surface area contributed by atoms with Gasteiger partial charge in [0.05, 0.1) is 19.4 Å². The highest BCUT2D eigenvalue weighted by molar-refractivity contribution is 7.91. The summed E-state index contributed by atoms with van der Waals surface area (Å²) in [7, 11) is -1.81. The van der Waals surface area contributed by atoms with Crippen LogP contribution in [0.15, 0.2) is 21.5 Å². The Balaban J connectivity index is 1.50. The summed E-state index contributed by atoms with van der Waals surface area (Å²) < 4.78 is 29.6. The molecule has 2 heterocycles. The van der Waals surface area contributed by atoms with Crippen molar-refractivity contribution >= 4 is 21.6 Å². The van der Waals surface area contributed by atoms with E-state index in [0.29, 0.717) is 25.6 Å². The summed E-state index contributed by atoms with van der Waals surface area (Å²) in [4.78, 5) is 13.1. The molecule has 1 aliphatic heterocycles. The number of benzene rings is 1. The lowest BCUT2D eigenvalue weighted by Crippen LogP contribution is -2.21. The number of nitrogens with one attached hydrogen (secondary N) is 1. The first-order valence-electron chi connectivity index (χ1n) is 10.7. The van der Waals surface area contributed by atoms with E-state index in [-0.39, 0.29) is 10.8 Å². The smallest absolute Gasteiger partial charge is 0.354 e. The van der Waals surface area contributed by atoms with E-state index in [1.807, 2.05) is 0 Å². The van der Waals surface area contributed by atoms with Gasteiger partial charge in [-0.1, -0.05) is 6.07 Å². The number of carbonyl (C=O) groups is 1. The van der Waals surface area contributed by atoms with Crippen molar-refractivity contribution in [3.05, 3.63) is 34.5 Å². The number of ether oxygens (including phenoxy) is 2. The molecule has 5 rings (SSSR count). The summed E-state index contributed by atoms with van der Waals surface area (Å²) in [6, 6.07) is 1.57. The number of fused-ring (bicyclic) bond motifs is 3. The molecule has 0 unspecified atom stereocenters. The zero-order chi connectivity index (χ0) is 21.6. The number of amides is 2. The van der Waals surface area contributed by atoms with Crippen molar-refractivity contribution in [3.8, 4) is 5.88 Å². The highest BCUT2D eigenvalue weighted by Crippen LogP contribution is 2.44. The van der Waals surface area contributed by atoms with Crippen LogP contribution in [0.4, 0.5) is 10.5 Å². The first-order valence-corrected chi connectivity index (χ1v) is 12.3. The van der Waals surface area contributed by atoms with Crippen molar-refractivity contribution in [2.24, 2.45) is 9.50 Å². The van der Waals surface area contributed by atoms with Gasteiger partial charge in [-0.2, -0.15) is 5.10 Å². The Morgan fingerprint density at radius 1 is 1.39 bits per heavy atom. The fraction of sp³-hybridized carbons (Fsp3) is 0.524. The van der Waals surface area contributed by atoms with Crippen molar-refractivity contribution in [1.29, 1.82) is 0 Å². The average molecular weight is 446 g/mol. The van der Waals surface area contributed by atoms with Crippen LogP contribution in [0.1, 0.15) is 47.4 Å². The second kappa shape index (κ2) is 7.92. The van der Waals surface area contributed by atoms with Crippen LogP contribution in [-0.2, 0) is 40.5 Å². The first kappa shape index (κ1) is 20.5. The second-order valence-electron chi connectivity index (χ2n) is 8.34. The van der Waals surface area contributed by atoms with Gasteiger partial charge in [-0.3, -0.25) is 0 Å². The Kier molecular flexibility index (Phi) is 5.23. The molecule has 166 valence electrons. The Morgan fingerprint density at radius 2 is 2.26 bits per heavy atom. The zero-order valence-corrected chi connectivity index (χ0v) is 18.4. The van der Waals surface area contributed by atoms with E-state index in [4.69, 9.17) is 14.6 Å². The number of urea groups is 1. The molecule has 1 aromatic carbocycles. The van der Waals surface area contributed by atoms with Crippen LogP contribution in [0, 0.1) is 0 Å². The number of methoxy groups -OCH3 is 1. The van der Waals surface area contributed by atoms with Gasteiger partial charge in [0.25, 0.3) is 0 Å². The summed E-state index contributed by atoms with van der Waals surface area (Å²) in [6.07, 6.45) is 7.10. The molecule has 0 bridgehead atoms. The molecule has 0 saturated carbocycles. The van der Waals surface area contributed by atoms with Gasteiger partial charge in [-0.05, 0) is 54.4 Å². The summed E-state index contributed by atoms with van der Waals surface area (Å²) >= 11 is 0. The molecule has 0 spiro atoms. The molecular weight excluding hydrogens is 418 g/mol. The Morgan fingerprint density at radius 3 is 3.10 bits per heavy atom. The zero-order valence-electron chi connectivity index (χ0n) is 17.6. The summed E-state index contributed by atoms with van der Waals surface area (Å²) in [6.45, 7) is 1.74. The lowest BCUT2D eigenvalue weighted by Gasteiger charge is -2.19. The predicted molar refractivity (Wildman–Crippen MR) is 116 cm³/mol. The standard InChI is InChI=1S/C21H27N5O4S/c1-29-12-15-7-6-14-10-13-4-2-5-16(13)19(18(14)15)24-21(27)25-31(22,28)17-11-23-26-8-3-9-30-20(17)26/h10-11,15H,2-9,12H2,1H3,(H3,22,24,25,27,28)/t15-,31+/m0/s1. The number of hydrogen-bond donors (Lipinski definition) is 2. The highest BCUT2D eigenvalue weighted by atomic mass is 32.2. The van der Waals surface area contributed by atoms with Crippen LogP contribution < -0.4 is 15.2 Å². The Hall–Kier alpha value is -2.43. The number of nitrogens with zero attached hydrogens (tertiary/aromatic N) is 3. The van der Waals surface area contributed by atoms with Crippen molar-refractivity contribution in [2.75, 3.05) is 25.6 Å². The Bertz CT molecular complexity index is 1170. The third-order valence-electron chi connectivity index (χ3n) is 6.34. The average Bonchev–Trinajstić information content (AvgIpc) is 3.46. The number of rotatable bonds is 4. The molecule has 0 fully saturated rings. The minimum atomic E-state index is -3.50. The molecule has 3 aliphatic rings. The summed E-state index contributed by atoms with van der Waals surface area (Å²) in [5, 5.41) is 13.1. The minimum Gasteiger partial charge on any atom is -0.477 e. The monoisotopic (exact) mass is 445 g/mol. The molecule has 31 heavy (non-hydrogen) atoms. The van der Waals surface area contributed by atoms with E-state index in [9.17, 15) is 9.00 Å². The fourth-order valence-electron chi connectivity index (χ4n) is 5.03. The Labute approximate surface area is 181 Å². The van der Waals surface area contributed by atoms with E-state index >= 15 is 0 Å². The van der Waals surface area contributed by atoms with Crippen LogP contribution >= 0.6 is 0 Å². The highest BCUT2D eigenvalue weighted by Gasteiger charge is 2.31. The van der Waals surface area contributed by atoms with Gasteiger partial charge in [0, 0.05) is 31.7 Å². The number of carbonyl (C=O) groups excluding carboxylic acids is 1. The molecular formula is C21H27N5O4S. The fourth-order valence-corrected chi connectivity index (χ4v) is 6.03. The normalized spacial score (nSPS) is 20.9. The molecule has 2 aliphatic carbocycles. The number of nitrogens with two attached hydrogens (primary N) is 1. The second-order valence-corrected chi connectivity index (χ2v) is 10.1. The van der Waals surface area contributed by atoms with E-state index in [1.165, 1.54) is 17.3 Å². The summed E-state index contributed by atoms with van der Waals surface area (Å²) in [5.74, 6) is 0.552. The maximum atomic E-state index is 13.2. The number of hydrogen-bond acceptors (Lipinski definition) is 5. The maximum absolute atomic E-state index is 13.2. The SMILES string of the molecule is COC[C@@H]1CCc2cc3c(c(NC(=O)N=[S@@](N)(=O)c4cnn5c4OCCC5)c21)CCC3. The first-order chi connectivity index (χ1) is 15.0. The number of aryl methyl sites for hydroxylation is 3. The van der Waals surface area contributed by atoms with Gasteiger partial charge in [0.15, 0.2) is 9.92 Å². The third-order valence-corrected chi connectivity index (χ3v) is 7.69. The molecule has 0 saturated heterocycles. The van der Waals surface area contributed by atoms with Crippen LogP contribution in [-0.4, -0.2) is 40.3 Å². The molecule has 0 radical (unpaired) electrons. The molecule has 9 nitrogen and oxygen atoms in total. The van der Waals surface area contributed by atoms with Gasteiger partial charge in [-0.25, -0.2) is 18.8 Å². The van der Waals surface area contributed by atoms with E-state index in [0.717, 1.165) is 55.3 Å². The lowest BCUT2D eigenvalue weighted by atomic mass is 9.94. The maximum Gasteiger partial charge on any atom is 0.354 e. The summed E-state index contributed by atoms with van der Waals surface area (Å²) in [5.41, 5.74) is 5.62. The van der Waals surface area contributed by atoms with Crippen LogP contribution in [0.3, 0.4) is 0 Å². The van der Waals surface area contributed by atoms with Crippen molar-refractivity contribution < 1.29 is 18.5 Å². The van der Waals surface area contributed by atoms with Gasteiger partial charge < -0.3 is 14.8 Å². The van der Waals surface area contributed by atoms with E-state index in [2.05, 4.69) is 20.8 Å². The van der Waals surface area contributed by atoms with Crippen LogP contribution in [0.5, 0.6) is 5.88 Å². The number of aromatic nitrogens is 2. The molecule has 2 aromatic rings. The van der Waals surface area contributed by atoms with Gasteiger partial charge >= 0.3 is 6.03 Å². The molecule has 10 heteroatoms. The minimum absolute atomic E-state index is 0.156. The van der Waals surface area contributed by atoms with Crippen LogP contribution in [0.2, 0.25) is 0 Å². The molecule has 1 aromatic heterocycles. The quantitative estimate of drug-likeness (QED) is 0.750. The van der Waals surface area contributed by atoms with Crippen molar-refractivity contribution in [1.82, 2.24) is 9.78 Å². The lowest BCUT2D eigenvalue weighted by molar-refractivity contribution is 0.179. The predicted octanol–water partition coefficient (Wildman–Crippen LogP) is 2.76. The van der Waals surface area contributed by atoms with E-state index < -0.39 is 15.9 Å². The van der Waals surface area contributed by atoms with Crippen LogP contribution in [0.25, 0.3) is 0 Å². The molecule has 2 atom stereocenters. The number of anilines is 1. The molecule has 3 N–H and O–H groups in total. The topological polar surface area (TPSA) is 121 Å². The van der Waals surface area contributed by atoms with Gasteiger partial charge in [0.2, 0.25) is 5.88 Å². The van der Waals surface area contributed by atoms with Gasteiger partial charge in [-0.15, -0.1) is 4.36 Å². The van der Waals surface area contributed by atoms with Gasteiger partial charge in [0.1, 0.15) is 4.90 Å². The largest absolute Gasteiger partial charge is 0.477 e. The third kappa shape index (κ3) is 3.62. The van der Waals surface area contributed by atoms with E-state index in [1.54, 1.807) is 11.8 Å². The molecule has 2 amide bonds. The van der Waals surface area contributed by atoms with Crippen molar-refractivity contribution in [3.63, 3.8) is 0 Å².